The van der Waals surface area contributed by atoms with Crippen LogP contribution in [0.1, 0.15) is 32.3 Å². The molecule has 28 heavy (non-hydrogen) atoms. The Morgan fingerprint density at radius 3 is 2.39 bits per heavy atom. The van der Waals surface area contributed by atoms with Crippen molar-refractivity contribution < 1.29 is 17.9 Å². The number of hydrogen-bond acceptors (Lipinski definition) is 4. The maximum atomic E-state index is 12.9. The van der Waals surface area contributed by atoms with Crippen molar-refractivity contribution in [1.82, 2.24) is 4.72 Å². The Morgan fingerprint density at radius 1 is 1.11 bits per heavy atom. The second kappa shape index (κ2) is 9.13. The molecule has 2 aromatic carbocycles. The van der Waals surface area contributed by atoms with E-state index in [1.165, 1.54) is 14.0 Å². The zero-order valence-corrected chi connectivity index (χ0v) is 18.2. The van der Waals surface area contributed by atoms with Crippen molar-refractivity contribution in [3.8, 4) is 5.75 Å². The second-order valence-electron chi connectivity index (χ2n) is 6.50. The fourth-order valence-electron chi connectivity index (χ4n) is 2.45. The molecule has 2 aromatic rings. The number of nitrogens with one attached hydrogen (secondary N) is 2. The topological polar surface area (TPSA) is 84.5 Å². The molecule has 0 saturated heterocycles. The number of halogens is 2. The van der Waals surface area contributed by atoms with E-state index in [0.717, 1.165) is 5.56 Å². The van der Waals surface area contributed by atoms with E-state index in [1.54, 1.807) is 36.4 Å². The Balaban J connectivity index is 2.24. The summed E-state index contributed by atoms with van der Waals surface area (Å²) < 4.78 is 33.3. The molecular weight excluding hydrogens is 423 g/mol. The molecule has 0 saturated carbocycles. The molecule has 0 fully saturated rings. The lowest BCUT2D eigenvalue weighted by Crippen LogP contribution is -2.41. The number of hydrogen-bond donors (Lipinski definition) is 2. The summed E-state index contributed by atoms with van der Waals surface area (Å²) in [5, 5.41) is 3.03. The van der Waals surface area contributed by atoms with Crippen LogP contribution in [0.3, 0.4) is 0 Å². The van der Waals surface area contributed by atoms with E-state index in [1.807, 2.05) is 13.8 Å². The molecule has 1 atom stereocenters. The van der Waals surface area contributed by atoms with E-state index in [-0.39, 0.29) is 26.6 Å². The minimum Gasteiger partial charge on any atom is -0.495 e. The van der Waals surface area contributed by atoms with Crippen LogP contribution in [0.2, 0.25) is 10.0 Å². The molecule has 1 unspecified atom stereocenters. The van der Waals surface area contributed by atoms with Gasteiger partial charge in [0.25, 0.3) is 0 Å². The molecule has 0 spiro atoms. The number of carbonyl (C=O) groups is 1. The minimum atomic E-state index is -4.01. The van der Waals surface area contributed by atoms with Crippen LogP contribution in [0.15, 0.2) is 41.3 Å². The average Bonchev–Trinajstić information content (AvgIpc) is 2.64. The molecular formula is C19H22Cl2N2O4S. The van der Waals surface area contributed by atoms with Crippen molar-refractivity contribution in [1.29, 1.82) is 0 Å². The van der Waals surface area contributed by atoms with Gasteiger partial charge in [-0.15, -0.1) is 0 Å². The summed E-state index contributed by atoms with van der Waals surface area (Å²) in [6.45, 7) is 5.34. The summed E-state index contributed by atoms with van der Waals surface area (Å²) in [6.07, 6.45) is 0. The normalized spacial score (nSPS) is 12.7. The van der Waals surface area contributed by atoms with Gasteiger partial charge in [0, 0.05) is 0 Å². The van der Waals surface area contributed by atoms with Gasteiger partial charge in [-0.1, -0.05) is 49.2 Å². The van der Waals surface area contributed by atoms with Gasteiger partial charge in [0.2, 0.25) is 15.9 Å². The van der Waals surface area contributed by atoms with Crippen LogP contribution in [0.25, 0.3) is 0 Å². The first-order valence-electron chi connectivity index (χ1n) is 8.52. The average molecular weight is 445 g/mol. The van der Waals surface area contributed by atoms with E-state index in [2.05, 4.69) is 10.0 Å². The predicted octanol–water partition coefficient (Wildman–Crippen LogP) is 4.43. The molecule has 0 bridgehead atoms. The Morgan fingerprint density at radius 2 is 1.79 bits per heavy atom. The lowest BCUT2D eigenvalue weighted by molar-refractivity contribution is -0.117. The molecule has 0 heterocycles. The number of anilines is 1. The molecule has 0 aliphatic carbocycles. The van der Waals surface area contributed by atoms with Crippen molar-refractivity contribution in [3.63, 3.8) is 0 Å². The number of rotatable bonds is 7. The Labute approximate surface area is 175 Å². The van der Waals surface area contributed by atoms with Crippen molar-refractivity contribution in [2.45, 2.75) is 37.6 Å². The number of carbonyl (C=O) groups excluding carboxylic acids is 1. The lowest BCUT2D eigenvalue weighted by Gasteiger charge is -2.18. The fourth-order valence-corrected chi connectivity index (χ4v) is 4.21. The molecule has 2 rings (SSSR count). The van der Waals surface area contributed by atoms with Crippen LogP contribution in [-0.4, -0.2) is 27.5 Å². The summed E-state index contributed by atoms with van der Waals surface area (Å²) >= 11 is 12.0. The van der Waals surface area contributed by atoms with Gasteiger partial charge in [0.05, 0.1) is 28.9 Å². The third-order valence-electron chi connectivity index (χ3n) is 4.08. The smallest absolute Gasteiger partial charge is 0.244 e. The zero-order valence-electron chi connectivity index (χ0n) is 15.9. The number of ether oxygens (including phenoxy) is 1. The van der Waals surface area contributed by atoms with Crippen LogP contribution in [0, 0.1) is 0 Å². The number of amides is 1. The van der Waals surface area contributed by atoms with Gasteiger partial charge < -0.3 is 10.1 Å². The van der Waals surface area contributed by atoms with Crippen LogP contribution in [0.4, 0.5) is 5.69 Å². The highest BCUT2D eigenvalue weighted by Gasteiger charge is 2.26. The van der Waals surface area contributed by atoms with Crippen LogP contribution in [-0.2, 0) is 14.8 Å². The lowest BCUT2D eigenvalue weighted by atomic mass is 10.0. The molecule has 1 amide bonds. The van der Waals surface area contributed by atoms with Gasteiger partial charge >= 0.3 is 0 Å². The number of benzene rings is 2. The Bertz CT molecular complexity index is 978. The van der Waals surface area contributed by atoms with E-state index >= 15 is 0 Å². The fraction of sp³-hybridized carbons (Fsp3) is 0.316. The van der Waals surface area contributed by atoms with Crippen LogP contribution >= 0.6 is 23.2 Å². The number of sulfonamides is 1. The number of methoxy groups -OCH3 is 1. The highest BCUT2D eigenvalue weighted by atomic mass is 35.5. The van der Waals surface area contributed by atoms with Gasteiger partial charge in [0.1, 0.15) is 10.6 Å². The summed E-state index contributed by atoms with van der Waals surface area (Å²) in [4.78, 5) is 12.4. The highest BCUT2D eigenvalue weighted by molar-refractivity contribution is 7.89. The first-order chi connectivity index (χ1) is 13.1. The molecule has 0 aliphatic rings. The van der Waals surface area contributed by atoms with Crippen molar-refractivity contribution in [2.24, 2.45) is 0 Å². The van der Waals surface area contributed by atoms with E-state index in [9.17, 15) is 13.2 Å². The SMILES string of the molecule is COc1ccc(C(C)C)cc1S(=O)(=O)NC(C)C(=O)Nc1cccc(Cl)c1Cl. The zero-order chi connectivity index (χ0) is 21.1. The summed E-state index contributed by atoms with van der Waals surface area (Å²) in [7, 11) is -2.62. The summed E-state index contributed by atoms with van der Waals surface area (Å²) in [5.74, 6) is -0.250. The highest BCUT2D eigenvalue weighted by Crippen LogP contribution is 2.30. The molecule has 0 aliphatic heterocycles. The third kappa shape index (κ3) is 5.17. The molecule has 6 nitrogen and oxygen atoms in total. The Hall–Kier alpha value is -1.80. The van der Waals surface area contributed by atoms with Crippen molar-refractivity contribution in [2.75, 3.05) is 12.4 Å². The molecule has 9 heteroatoms. The quantitative estimate of drug-likeness (QED) is 0.661. The van der Waals surface area contributed by atoms with E-state index in [4.69, 9.17) is 27.9 Å². The first kappa shape index (κ1) is 22.5. The van der Waals surface area contributed by atoms with Gasteiger partial charge in [-0.05, 0) is 42.7 Å². The van der Waals surface area contributed by atoms with E-state index in [0.29, 0.717) is 5.69 Å². The third-order valence-corrected chi connectivity index (χ3v) is 6.46. The summed E-state index contributed by atoms with van der Waals surface area (Å²) in [5.41, 5.74) is 1.13. The van der Waals surface area contributed by atoms with Crippen molar-refractivity contribution >= 4 is 44.8 Å². The maximum Gasteiger partial charge on any atom is 0.244 e. The van der Waals surface area contributed by atoms with Gasteiger partial charge in [0.15, 0.2) is 0 Å². The van der Waals surface area contributed by atoms with Crippen LogP contribution < -0.4 is 14.8 Å². The summed E-state index contributed by atoms with van der Waals surface area (Å²) in [6, 6.07) is 8.67. The molecule has 2 N–H and O–H groups in total. The van der Waals surface area contributed by atoms with Crippen LogP contribution in [0.5, 0.6) is 5.75 Å². The van der Waals surface area contributed by atoms with Gasteiger partial charge in [-0.25, -0.2) is 8.42 Å². The standard InChI is InChI=1S/C19H22Cl2N2O4S/c1-11(2)13-8-9-16(27-4)17(10-13)28(25,26)23-12(3)19(24)22-15-7-5-6-14(20)18(15)21/h5-12,23H,1-4H3,(H,22,24). The van der Waals surface area contributed by atoms with Crippen molar-refractivity contribution in [3.05, 3.63) is 52.0 Å². The maximum absolute atomic E-state index is 12.9. The minimum absolute atomic E-state index is 0.0263. The van der Waals surface area contributed by atoms with E-state index < -0.39 is 22.0 Å². The largest absolute Gasteiger partial charge is 0.495 e. The first-order valence-corrected chi connectivity index (χ1v) is 10.8. The molecule has 0 radical (unpaired) electrons. The molecule has 152 valence electrons. The monoisotopic (exact) mass is 444 g/mol. The predicted molar refractivity (Wildman–Crippen MR) is 112 cm³/mol. The van der Waals surface area contributed by atoms with Gasteiger partial charge in [-0.2, -0.15) is 4.72 Å². The van der Waals surface area contributed by atoms with Gasteiger partial charge in [-0.3, -0.25) is 4.79 Å². The second-order valence-corrected chi connectivity index (χ2v) is 8.97. The molecule has 0 aromatic heterocycles. The Kier molecular flexibility index (Phi) is 7.33.